The van der Waals surface area contributed by atoms with E-state index in [-0.39, 0.29) is 28.3 Å². The summed E-state index contributed by atoms with van der Waals surface area (Å²) in [7, 11) is 1.77. The molecule has 1 aliphatic rings. The maximum Gasteiger partial charge on any atom is 0.322 e. The Morgan fingerprint density at radius 1 is 1.34 bits per heavy atom. The summed E-state index contributed by atoms with van der Waals surface area (Å²) in [5, 5.41) is 9.82. The molecule has 2 aromatic carbocycles. The van der Waals surface area contributed by atoms with Crippen LogP contribution in [0.15, 0.2) is 47.1 Å². The Morgan fingerprint density at radius 3 is 2.86 bits per heavy atom. The van der Waals surface area contributed by atoms with Gasteiger partial charge < -0.3 is 24.9 Å². The summed E-state index contributed by atoms with van der Waals surface area (Å²) in [4.78, 5) is 30.3. The van der Waals surface area contributed by atoms with Gasteiger partial charge in [-0.05, 0) is 48.6 Å². The SMILES string of the molecule is C=C(CCC(C=O)N1Cc2cc(CNc3nc(-c4ccc(C)c(Cl)c4F)no3)ccc2C1=O)NC. The Morgan fingerprint density at radius 2 is 2.11 bits per heavy atom. The van der Waals surface area contributed by atoms with E-state index in [4.69, 9.17) is 16.1 Å². The van der Waals surface area contributed by atoms with Crippen LogP contribution in [0.4, 0.5) is 10.4 Å². The van der Waals surface area contributed by atoms with Gasteiger partial charge in [-0.1, -0.05) is 41.5 Å². The minimum absolute atomic E-state index is 0.0207. The molecule has 2 heterocycles. The van der Waals surface area contributed by atoms with Crippen molar-refractivity contribution in [3.63, 3.8) is 0 Å². The van der Waals surface area contributed by atoms with E-state index in [1.165, 1.54) is 0 Å². The third-order valence-electron chi connectivity index (χ3n) is 6.04. The average Bonchev–Trinajstić information content (AvgIpc) is 3.46. The van der Waals surface area contributed by atoms with Gasteiger partial charge in [-0.3, -0.25) is 4.79 Å². The number of halogens is 2. The zero-order chi connectivity index (χ0) is 25.1. The normalized spacial score (nSPS) is 13.5. The number of benzene rings is 2. The number of fused-ring (bicyclic) bond motifs is 1. The first-order valence-electron chi connectivity index (χ1n) is 11.1. The molecule has 2 N–H and O–H groups in total. The van der Waals surface area contributed by atoms with Crippen LogP contribution in [0.5, 0.6) is 0 Å². The van der Waals surface area contributed by atoms with E-state index in [0.29, 0.717) is 37.1 Å². The number of hydrogen-bond acceptors (Lipinski definition) is 7. The summed E-state index contributed by atoms with van der Waals surface area (Å²) >= 11 is 5.98. The van der Waals surface area contributed by atoms with Crippen LogP contribution in [0.1, 0.15) is 39.9 Å². The molecule has 0 saturated carbocycles. The van der Waals surface area contributed by atoms with E-state index in [2.05, 4.69) is 27.4 Å². The molecule has 0 bridgehead atoms. The number of aromatic nitrogens is 2. The zero-order valence-corrected chi connectivity index (χ0v) is 20.2. The number of anilines is 1. The molecule has 1 aliphatic heterocycles. The number of carbonyl (C=O) groups is 2. The number of nitrogens with one attached hydrogen (secondary N) is 2. The van der Waals surface area contributed by atoms with Crippen molar-refractivity contribution in [2.75, 3.05) is 12.4 Å². The Bertz CT molecular complexity index is 1290. The minimum atomic E-state index is -0.601. The van der Waals surface area contributed by atoms with Crippen molar-refractivity contribution in [1.82, 2.24) is 20.4 Å². The molecule has 1 unspecified atom stereocenters. The van der Waals surface area contributed by atoms with E-state index < -0.39 is 11.9 Å². The fraction of sp³-hybridized carbons (Fsp3) is 0.280. The first-order chi connectivity index (χ1) is 16.8. The third kappa shape index (κ3) is 5.05. The van der Waals surface area contributed by atoms with Crippen LogP contribution in [0.2, 0.25) is 5.02 Å². The second kappa shape index (κ2) is 10.3. The molecule has 10 heteroatoms. The molecular weight excluding hydrogens is 473 g/mol. The molecule has 4 rings (SSSR count). The van der Waals surface area contributed by atoms with Gasteiger partial charge in [0.1, 0.15) is 6.29 Å². The molecule has 1 amide bonds. The third-order valence-corrected chi connectivity index (χ3v) is 6.50. The van der Waals surface area contributed by atoms with Crippen LogP contribution >= 0.6 is 11.6 Å². The second-order valence-corrected chi connectivity index (χ2v) is 8.73. The van der Waals surface area contributed by atoms with Crippen molar-refractivity contribution in [1.29, 1.82) is 0 Å². The topological polar surface area (TPSA) is 100 Å². The first-order valence-corrected chi connectivity index (χ1v) is 11.5. The number of amides is 1. The van der Waals surface area contributed by atoms with Crippen molar-refractivity contribution in [3.8, 4) is 11.4 Å². The highest BCUT2D eigenvalue weighted by Crippen LogP contribution is 2.30. The molecule has 0 spiro atoms. The lowest BCUT2D eigenvalue weighted by atomic mass is 10.1. The molecule has 35 heavy (non-hydrogen) atoms. The number of hydrogen-bond donors (Lipinski definition) is 2. The predicted molar refractivity (Wildman–Crippen MR) is 130 cm³/mol. The van der Waals surface area contributed by atoms with E-state index in [1.807, 2.05) is 12.1 Å². The summed E-state index contributed by atoms with van der Waals surface area (Å²) in [6, 6.07) is 8.33. The lowest BCUT2D eigenvalue weighted by Gasteiger charge is -2.23. The Labute approximate surface area is 207 Å². The smallest absolute Gasteiger partial charge is 0.322 e. The highest BCUT2D eigenvalue weighted by atomic mass is 35.5. The van der Waals surface area contributed by atoms with Crippen LogP contribution in [0, 0.1) is 12.7 Å². The molecule has 1 atom stereocenters. The lowest BCUT2D eigenvalue weighted by molar-refractivity contribution is -0.112. The van der Waals surface area contributed by atoms with Crippen molar-refractivity contribution in [3.05, 3.63) is 75.7 Å². The molecule has 0 aliphatic carbocycles. The molecule has 0 fully saturated rings. The molecule has 0 saturated heterocycles. The molecule has 182 valence electrons. The summed E-state index contributed by atoms with van der Waals surface area (Å²) in [5.41, 5.74) is 3.89. The average molecular weight is 498 g/mol. The summed E-state index contributed by atoms with van der Waals surface area (Å²) in [5.74, 6) is -0.675. The molecule has 8 nitrogen and oxygen atoms in total. The van der Waals surface area contributed by atoms with Gasteiger partial charge in [-0.25, -0.2) is 4.39 Å². The highest BCUT2D eigenvalue weighted by Gasteiger charge is 2.32. The van der Waals surface area contributed by atoms with Gasteiger partial charge in [0.05, 0.1) is 16.6 Å². The van der Waals surface area contributed by atoms with Gasteiger partial charge in [0.15, 0.2) is 5.82 Å². The van der Waals surface area contributed by atoms with Crippen molar-refractivity contribution >= 4 is 29.8 Å². The van der Waals surface area contributed by atoms with E-state index in [1.54, 1.807) is 37.1 Å². The van der Waals surface area contributed by atoms with Gasteiger partial charge in [-0.2, -0.15) is 4.98 Å². The Kier molecular flexibility index (Phi) is 7.16. The maximum atomic E-state index is 14.5. The van der Waals surface area contributed by atoms with Crippen molar-refractivity contribution < 1.29 is 18.5 Å². The van der Waals surface area contributed by atoms with E-state index in [0.717, 1.165) is 23.1 Å². The van der Waals surface area contributed by atoms with Crippen molar-refractivity contribution in [2.24, 2.45) is 0 Å². The largest absolute Gasteiger partial charge is 0.392 e. The quantitative estimate of drug-likeness (QED) is 0.398. The molecule has 3 aromatic rings. The van der Waals surface area contributed by atoms with Crippen LogP contribution in [-0.2, 0) is 17.9 Å². The van der Waals surface area contributed by atoms with E-state index in [9.17, 15) is 14.0 Å². The Balaban J connectivity index is 1.42. The summed E-state index contributed by atoms with van der Waals surface area (Å²) in [6.07, 6.45) is 1.91. The van der Waals surface area contributed by atoms with Crippen LogP contribution < -0.4 is 10.6 Å². The van der Waals surface area contributed by atoms with Crippen molar-refractivity contribution in [2.45, 2.75) is 38.9 Å². The number of nitrogens with zero attached hydrogens (tertiary/aromatic N) is 3. The number of aryl methyl sites for hydroxylation is 1. The summed E-state index contributed by atoms with van der Waals surface area (Å²) < 4.78 is 19.7. The number of allylic oxidation sites excluding steroid dienone is 1. The lowest BCUT2D eigenvalue weighted by Crippen LogP contribution is -2.37. The van der Waals surface area contributed by atoms with Crippen LogP contribution in [0.3, 0.4) is 0 Å². The molecular formula is C25H25ClFN5O3. The predicted octanol–water partition coefficient (Wildman–Crippen LogP) is 4.49. The van der Waals surface area contributed by atoms with Gasteiger partial charge in [0.2, 0.25) is 5.82 Å². The van der Waals surface area contributed by atoms with Gasteiger partial charge in [0, 0.05) is 31.4 Å². The zero-order valence-electron chi connectivity index (χ0n) is 19.4. The van der Waals surface area contributed by atoms with Gasteiger partial charge in [-0.15, -0.1) is 0 Å². The maximum absolute atomic E-state index is 14.5. The van der Waals surface area contributed by atoms with E-state index >= 15 is 0 Å². The van der Waals surface area contributed by atoms with Crippen LogP contribution in [0.25, 0.3) is 11.4 Å². The summed E-state index contributed by atoms with van der Waals surface area (Å²) in [6.45, 7) is 6.29. The first kappa shape index (κ1) is 24.4. The molecule has 1 aromatic heterocycles. The number of rotatable bonds is 10. The standard InChI is InChI=1S/C25H25ClFN5O3/c1-14-4-8-20(22(27)21(14)26)23-30-25(35-31-23)29-11-16-6-9-19-17(10-16)12-32(24(19)34)18(13-33)7-5-15(2)28-3/h4,6,8-10,13,18,28H,2,5,7,11-12H2,1,3H3,(H,29,30,31). The highest BCUT2D eigenvalue weighted by molar-refractivity contribution is 6.31. The number of aldehydes is 1. The number of carbonyl (C=O) groups excluding carboxylic acids is 2. The fourth-order valence-corrected chi connectivity index (χ4v) is 4.08. The van der Waals surface area contributed by atoms with Gasteiger partial charge in [0.25, 0.3) is 5.91 Å². The van der Waals surface area contributed by atoms with Crippen LogP contribution in [-0.4, -0.2) is 40.3 Å². The second-order valence-electron chi connectivity index (χ2n) is 8.35. The minimum Gasteiger partial charge on any atom is -0.392 e. The Hall–Kier alpha value is -3.72. The molecule has 0 radical (unpaired) electrons. The fourth-order valence-electron chi connectivity index (χ4n) is 3.92. The van der Waals surface area contributed by atoms with Gasteiger partial charge >= 0.3 is 6.01 Å². The monoisotopic (exact) mass is 497 g/mol.